The van der Waals surface area contributed by atoms with Crippen molar-refractivity contribution < 1.29 is 12.8 Å². The zero-order valence-electron chi connectivity index (χ0n) is 21.1. The standard InChI is InChI=1S/C28H24FN7O2S/c1-16-26-22(21(7-10-31-16)19-11-17(12-20(29)13-19)15-32-39(2,37)38)14-25(34-26)28-27-24(35-36-28)4-3-23(33-27)18-5-8-30-9-6-18/h3-14,16,32,34H,15H2,1-2H3,(H,35,36)/t16-/m1/s1. The summed E-state index contributed by atoms with van der Waals surface area (Å²) in [7, 11) is -3.43. The highest BCUT2D eigenvalue weighted by Crippen LogP contribution is 2.37. The van der Waals surface area contributed by atoms with Crippen molar-refractivity contribution in [3.05, 3.63) is 95.2 Å². The molecule has 0 saturated heterocycles. The number of nitrogens with one attached hydrogen (secondary N) is 3. The number of aromatic nitrogens is 5. The van der Waals surface area contributed by atoms with Crippen molar-refractivity contribution in [3.63, 3.8) is 0 Å². The first kappa shape index (κ1) is 24.8. The first-order valence-electron chi connectivity index (χ1n) is 12.2. The lowest BCUT2D eigenvalue weighted by Crippen LogP contribution is -2.21. The van der Waals surface area contributed by atoms with Crippen LogP contribution in [0.15, 0.2) is 72.0 Å². The first-order valence-corrected chi connectivity index (χ1v) is 14.1. The second-order valence-corrected chi connectivity index (χ2v) is 11.2. The van der Waals surface area contributed by atoms with Crippen molar-refractivity contribution in [2.24, 2.45) is 4.99 Å². The van der Waals surface area contributed by atoms with Crippen LogP contribution in [0.4, 0.5) is 4.39 Å². The summed E-state index contributed by atoms with van der Waals surface area (Å²) in [6.07, 6.45) is 8.07. The van der Waals surface area contributed by atoms with Crippen LogP contribution in [0.3, 0.4) is 0 Å². The molecule has 9 nitrogen and oxygen atoms in total. The Hall–Kier alpha value is -4.48. The van der Waals surface area contributed by atoms with Crippen molar-refractivity contribution in [1.82, 2.24) is 29.9 Å². The number of halogens is 1. The van der Waals surface area contributed by atoms with Gasteiger partial charge in [0.05, 0.1) is 29.2 Å². The Balaban J connectivity index is 1.43. The minimum Gasteiger partial charge on any atom is -0.355 e. The number of aliphatic imine (C=N–C) groups is 1. The Morgan fingerprint density at radius 3 is 2.67 bits per heavy atom. The van der Waals surface area contributed by atoms with Crippen LogP contribution in [0.25, 0.3) is 39.3 Å². The highest BCUT2D eigenvalue weighted by atomic mass is 32.2. The summed E-state index contributed by atoms with van der Waals surface area (Å²) in [5.41, 5.74) is 8.23. The molecule has 6 rings (SSSR count). The van der Waals surface area contributed by atoms with Gasteiger partial charge in [-0.3, -0.25) is 15.1 Å². The average molecular weight is 542 g/mol. The van der Waals surface area contributed by atoms with Crippen molar-refractivity contribution in [1.29, 1.82) is 0 Å². The van der Waals surface area contributed by atoms with E-state index in [2.05, 4.69) is 29.9 Å². The van der Waals surface area contributed by atoms with Gasteiger partial charge in [0.25, 0.3) is 0 Å². The van der Waals surface area contributed by atoms with Crippen molar-refractivity contribution in [2.45, 2.75) is 19.5 Å². The molecule has 0 bridgehead atoms. The molecule has 196 valence electrons. The monoisotopic (exact) mass is 541 g/mol. The number of rotatable bonds is 6. The van der Waals surface area contributed by atoms with Gasteiger partial charge in [-0.2, -0.15) is 5.10 Å². The van der Waals surface area contributed by atoms with Gasteiger partial charge in [-0.25, -0.2) is 22.5 Å². The Morgan fingerprint density at radius 2 is 1.87 bits per heavy atom. The van der Waals surface area contributed by atoms with Crippen molar-refractivity contribution in [2.75, 3.05) is 6.26 Å². The molecule has 5 aromatic rings. The maximum Gasteiger partial charge on any atom is 0.209 e. The van der Waals surface area contributed by atoms with Crippen molar-refractivity contribution >= 4 is 32.8 Å². The Bertz CT molecular complexity index is 1870. The second kappa shape index (κ2) is 9.68. The van der Waals surface area contributed by atoms with Crippen LogP contribution < -0.4 is 4.72 Å². The normalized spacial score (nSPS) is 15.3. The maximum atomic E-state index is 14.7. The molecular weight excluding hydrogens is 517 g/mol. The summed E-state index contributed by atoms with van der Waals surface area (Å²) in [5, 5.41) is 7.61. The van der Waals surface area contributed by atoms with Gasteiger partial charge in [0.15, 0.2) is 0 Å². The third kappa shape index (κ3) is 5.01. The molecule has 3 N–H and O–H groups in total. The van der Waals surface area contributed by atoms with E-state index in [-0.39, 0.29) is 12.6 Å². The predicted octanol–water partition coefficient (Wildman–Crippen LogP) is 4.78. The number of aromatic amines is 2. The molecule has 0 unspecified atom stereocenters. The maximum absolute atomic E-state index is 14.7. The van der Waals surface area contributed by atoms with Crippen LogP contribution in [0.5, 0.6) is 0 Å². The second-order valence-electron chi connectivity index (χ2n) is 9.41. The van der Waals surface area contributed by atoms with Crippen LogP contribution in [-0.2, 0) is 16.6 Å². The van der Waals surface area contributed by atoms with Gasteiger partial charge in [0.1, 0.15) is 17.0 Å². The molecule has 0 saturated carbocycles. The summed E-state index contributed by atoms with van der Waals surface area (Å²) in [5.74, 6) is -0.462. The SMILES string of the molecule is C[C@H]1N=CC=C(c2cc(F)cc(CNS(C)(=O)=O)c2)c2cc(-c3n[nH]c4ccc(-c5ccncc5)nc34)[nH]c21. The van der Waals surface area contributed by atoms with Gasteiger partial charge < -0.3 is 4.98 Å². The number of hydrogen-bond donors (Lipinski definition) is 3. The van der Waals surface area contributed by atoms with E-state index in [9.17, 15) is 12.8 Å². The minimum absolute atomic E-state index is 0.0165. The number of fused-ring (bicyclic) bond motifs is 2. The number of nitrogens with zero attached hydrogens (tertiary/aromatic N) is 4. The van der Waals surface area contributed by atoms with Crippen LogP contribution in [0.2, 0.25) is 0 Å². The third-order valence-electron chi connectivity index (χ3n) is 6.55. The van der Waals surface area contributed by atoms with Gasteiger partial charge in [-0.15, -0.1) is 0 Å². The van der Waals surface area contributed by atoms with Gasteiger partial charge >= 0.3 is 0 Å². The lowest BCUT2D eigenvalue weighted by molar-refractivity contribution is 0.586. The van der Waals surface area contributed by atoms with Gasteiger partial charge in [0.2, 0.25) is 10.0 Å². The number of sulfonamides is 1. The Labute approximate surface area is 224 Å². The molecule has 5 heterocycles. The fraction of sp³-hybridized carbons (Fsp3) is 0.143. The number of pyridine rings is 2. The van der Waals surface area contributed by atoms with E-state index < -0.39 is 15.8 Å². The molecule has 11 heteroatoms. The lowest BCUT2D eigenvalue weighted by Gasteiger charge is -2.11. The molecule has 4 aromatic heterocycles. The van der Waals surface area contributed by atoms with E-state index in [1.54, 1.807) is 24.7 Å². The Morgan fingerprint density at radius 1 is 1.05 bits per heavy atom. The van der Waals surface area contributed by atoms with E-state index in [0.717, 1.165) is 45.6 Å². The zero-order valence-corrected chi connectivity index (χ0v) is 21.9. The average Bonchev–Trinajstić information content (AvgIpc) is 3.50. The smallest absolute Gasteiger partial charge is 0.209 e. The summed E-state index contributed by atoms with van der Waals surface area (Å²) in [4.78, 5) is 17.0. The molecule has 1 aliphatic rings. The first-order chi connectivity index (χ1) is 18.7. The van der Waals surface area contributed by atoms with E-state index in [0.29, 0.717) is 22.3 Å². The fourth-order valence-corrected chi connectivity index (χ4v) is 5.13. The number of allylic oxidation sites excluding steroid dienone is 1. The molecule has 0 fully saturated rings. The molecule has 1 aromatic carbocycles. The molecule has 0 radical (unpaired) electrons. The van der Waals surface area contributed by atoms with Crippen LogP contribution in [0, 0.1) is 5.82 Å². The lowest BCUT2D eigenvalue weighted by atomic mass is 9.95. The quantitative estimate of drug-likeness (QED) is 0.285. The molecular formula is C28H24FN7O2S. The van der Waals surface area contributed by atoms with E-state index in [4.69, 9.17) is 4.98 Å². The van der Waals surface area contributed by atoms with Crippen molar-refractivity contribution in [3.8, 4) is 22.6 Å². The largest absolute Gasteiger partial charge is 0.355 e. The summed E-state index contributed by atoms with van der Waals surface area (Å²) >= 11 is 0. The molecule has 0 spiro atoms. The molecule has 1 atom stereocenters. The molecule has 39 heavy (non-hydrogen) atoms. The highest BCUT2D eigenvalue weighted by molar-refractivity contribution is 7.88. The van der Waals surface area contributed by atoms with Gasteiger partial charge in [-0.1, -0.05) is 0 Å². The fourth-order valence-electron chi connectivity index (χ4n) is 4.71. The third-order valence-corrected chi connectivity index (χ3v) is 7.22. The Kier molecular flexibility index (Phi) is 6.16. The van der Waals surface area contributed by atoms with E-state index >= 15 is 0 Å². The molecule has 0 amide bonds. The minimum atomic E-state index is -3.43. The number of hydrogen-bond acceptors (Lipinski definition) is 6. The highest BCUT2D eigenvalue weighted by Gasteiger charge is 2.23. The van der Waals surface area contributed by atoms with Crippen LogP contribution in [-0.4, -0.2) is 46.0 Å². The predicted molar refractivity (Wildman–Crippen MR) is 149 cm³/mol. The van der Waals surface area contributed by atoms with Gasteiger partial charge in [0, 0.05) is 42.0 Å². The van der Waals surface area contributed by atoms with Crippen LogP contribution >= 0.6 is 0 Å². The topological polar surface area (TPSA) is 129 Å². The van der Waals surface area contributed by atoms with E-state index in [1.807, 2.05) is 43.3 Å². The van der Waals surface area contributed by atoms with Crippen LogP contribution in [0.1, 0.15) is 35.3 Å². The van der Waals surface area contributed by atoms with Gasteiger partial charge in [-0.05, 0) is 78.2 Å². The number of benzene rings is 1. The summed E-state index contributed by atoms with van der Waals surface area (Å²) in [6, 6.07) is 14.0. The van der Waals surface area contributed by atoms with E-state index in [1.165, 1.54) is 12.1 Å². The molecule has 0 aliphatic carbocycles. The molecule has 1 aliphatic heterocycles. The number of H-pyrrole nitrogens is 2. The summed E-state index contributed by atoms with van der Waals surface area (Å²) in [6.45, 7) is 1.96. The summed E-state index contributed by atoms with van der Waals surface area (Å²) < 4.78 is 40.2. The zero-order chi connectivity index (χ0) is 27.1.